The van der Waals surface area contributed by atoms with Gasteiger partial charge in [0.25, 0.3) is 0 Å². The highest BCUT2D eigenvalue weighted by Crippen LogP contribution is 2.45. The van der Waals surface area contributed by atoms with Gasteiger partial charge in [0.15, 0.2) is 25.1 Å². The molecule has 8 rings (SSSR count). The van der Waals surface area contributed by atoms with Crippen LogP contribution in [0, 0.1) is 34.5 Å². The fraction of sp³-hybridized carbons (Fsp3) is 0.340. The number of nitrogens with zero attached hydrogens (tertiary/aromatic N) is 2. The monoisotopic (exact) mass is 886 g/mol. The van der Waals surface area contributed by atoms with Crippen LogP contribution in [-0.4, -0.2) is 89.9 Å². The molecule has 0 spiro atoms. The zero-order chi connectivity index (χ0) is 45.2. The molecule has 15 heteroatoms. The summed E-state index contributed by atoms with van der Waals surface area (Å²) >= 11 is 0. The molecule has 65 heavy (non-hydrogen) atoms. The van der Waals surface area contributed by atoms with Crippen LogP contribution in [0.25, 0.3) is 0 Å². The third-order valence-electron chi connectivity index (χ3n) is 11.4. The van der Waals surface area contributed by atoms with Gasteiger partial charge in [-0.2, -0.15) is 10.2 Å². The lowest BCUT2D eigenvalue weighted by Gasteiger charge is -2.37. The topological polar surface area (TPSA) is 168 Å². The van der Waals surface area contributed by atoms with E-state index in [0.717, 1.165) is 11.8 Å². The Balaban J connectivity index is 1.01. The highest BCUT2D eigenvalue weighted by Gasteiger charge is 2.45. The molecule has 338 valence electrons. The van der Waals surface area contributed by atoms with Gasteiger partial charge in [-0.15, -0.1) is 0 Å². The fourth-order valence-corrected chi connectivity index (χ4v) is 7.82. The molecule has 0 amide bonds. The van der Waals surface area contributed by atoms with Gasteiger partial charge in [-0.3, -0.25) is 0 Å². The van der Waals surface area contributed by atoms with Gasteiger partial charge in [-0.25, -0.2) is 14.4 Å². The van der Waals surface area contributed by atoms with Crippen molar-refractivity contribution in [2.24, 2.45) is 44.7 Å². The summed E-state index contributed by atoms with van der Waals surface area (Å²) in [5.41, 5.74) is 1.46. The Morgan fingerprint density at radius 1 is 0.662 bits per heavy atom. The smallest absolute Gasteiger partial charge is 0.343 e. The van der Waals surface area contributed by atoms with Crippen LogP contribution in [0.5, 0.6) is 28.7 Å². The molecule has 5 aliphatic rings. The lowest BCUT2D eigenvalue weighted by molar-refractivity contribution is -0.153. The van der Waals surface area contributed by atoms with Gasteiger partial charge in [0.2, 0.25) is 6.79 Å². The van der Waals surface area contributed by atoms with Crippen molar-refractivity contribution in [2.45, 2.75) is 13.8 Å². The zero-order valence-electron chi connectivity index (χ0n) is 36.1. The number of esters is 3. The Bertz CT molecular complexity index is 2390. The number of fused-ring (bicyclic) bond motifs is 3. The zero-order valence-corrected chi connectivity index (χ0v) is 36.1. The highest BCUT2D eigenvalue weighted by atomic mass is 16.7. The minimum Gasteiger partial charge on any atom is -0.464 e. The summed E-state index contributed by atoms with van der Waals surface area (Å²) in [5.74, 6) is -0.103. The van der Waals surface area contributed by atoms with E-state index in [1.807, 2.05) is 12.2 Å². The van der Waals surface area contributed by atoms with Crippen molar-refractivity contribution in [3.8, 4) is 28.7 Å². The van der Waals surface area contributed by atoms with Crippen LogP contribution >= 0.6 is 0 Å². The molecule has 0 N–H and O–H groups in total. The van der Waals surface area contributed by atoms with Gasteiger partial charge >= 0.3 is 17.9 Å². The van der Waals surface area contributed by atoms with E-state index in [-0.39, 0.29) is 83.3 Å². The lowest BCUT2D eigenvalue weighted by atomic mass is 9.83. The Labute approximate surface area is 376 Å². The summed E-state index contributed by atoms with van der Waals surface area (Å²) in [6.07, 6.45) is 19.4. The fourth-order valence-electron chi connectivity index (χ4n) is 7.82. The summed E-state index contributed by atoms with van der Waals surface area (Å²) in [5, 5.41) is 9.26. The molecular weight excluding hydrogens is 837 g/mol. The van der Waals surface area contributed by atoms with E-state index < -0.39 is 17.9 Å². The van der Waals surface area contributed by atoms with Gasteiger partial charge in [0, 0.05) is 34.3 Å². The molecule has 0 radical (unpaired) electrons. The third-order valence-corrected chi connectivity index (χ3v) is 11.4. The Kier molecular flexibility index (Phi) is 14.1. The van der Waals surface area contributed by atoms with E-state index in [1.54, 1.807) is 12.1 Å². The molecule has 3 fully saturated rings. The first-order valence-electron chi connectivity index (χ1n) is 21.2. The summed E-state index contributed by atoms with van der Waals surface area (Å²) in [6.45, 7) is 10.3. The van der Waals surface area contributed by atoms with Gasteiger partial charge in [0.05, 0.1) is 62.7 Å². The third kappa shape index (κ3) is 11.2. The second kappa shape index (κ2) is 20.5. The molecule has 2 aliphatic heterocycles. The van der Waals surface area contributed by atoms with Gasteiger partial charge in [-0.1, -0.05) is 69.0 Å². The molecule has 3 aliphatic carbocycles. The first-order valence-corrected chi connectivity index (χ1v) is 21.2. The van der Waals surface area contributed by atoms with Gasteiger partial charge in [-0.05, 0) is 72.5 Å². The number of carbonyl (C=O) groups excluding carboxylic acids is 3. The van der Waals surface area contributed by atoms with Crippen molar-refractivity contribution >= 4 is 29.8 Å². The molecule has 4 unspecified atom stereocenters. The highest BCUT2D eigenvalue weighted by molar-refractivity contribution is 5.97. The summed E-state index contributed by atoms with van der Waals surface area (Å²) in [7, 11) is 0. The summed E-state index contributed by atoms with van der Waals surface area (Å²) < 4.78 is 56.2. The second-order valence-corrected chi connectivity index (χ2v) is 16.9. The first kappa shape index (κ1) is 44.9. The summed E-state index contributed by atoms with van der Waals surface area (Å²) in [4.78, 5) is 38.5. The lowest BCUT2D eigenvalue weighted by Crippen LogP contribution is -2.43. The van der Waals surface area contributed by atoms with Crippen molar-refractivity contribution in [1.82, 2.24) is 0 Å². The van der Waals surface area contributed by atoms with E-state index in [1.165, 1.54) is 54.7 Å². The molecule has 15 nitrogen and oxygen atoms in total. The van der Waals surface area contributed by atoms with Crippen LogP contribution in [0.15, 0.2) is 132 Å². The molecule has 0 aromatic heterocycles. The molecule has 1 saturated carbocycles. The largest absolute Gasteiger partial charge is 0.464 e. The second-order valence-electron chi connectivity index (χ2n) is 16.9. The van der Waals surface area contributed by atoms with E-state index in [0.29, 0.717) is 56.7 Å². The van der Waals surface area contributed by atoms with Crippen molar-refractivity contribution in [1.29, 1.82) is 0 Å². The molecular formula is C50H50N2O13. The average molecular weight is 887 g/mol. The Hall–Kier alpha value is -6.65. The standard InChI is InChI=1S/C50H50N2O13/c1-4-45(53)63-32-60-36-16-13-33(14-17-36)47(54)64-37-18-20-42(35(21-37)23-51-52-46-40-11-7-5-9-38(40)39-10-6-8-12-41(39)46)65-48(55)34-15-19-43(61-30-58-28-49(2)24-56-25-49)44(22-34)62-31-59-29-50(3)26-57-27-50/h4-23,38-41H,1,24-32H2,2-3H3/b51-23+,52-46?. The van der Waals surface area contributed by atoms with Crippen LogP contribution in [0.1, 0.15) is 40.1 Å². The molecule has 2 saturated heterocycles. The Morgan fingerprint density at radius 3 is 1.85 bits per heavy atom. The van der Waals surface area contributed by atoms with Crippen molar-refractivity contribution in [3.63, 3.8) is 0 Å². The Morgan fingerprint density at radius 2 is 1.23 bits per heavy atom. The maximum atomic E-state index is 13.9. The molecule has 2 heterocycles. The molecule has 0 bridgehead atoms. The first-order chi connectivity index (χ1) is 31.6. The van der Waals surface area contributed by atoms with Crippen LogP contribution in [0.3, 0.4) is 0 Å². The quantitative estimate of drug-likeness (QED) is 0.0209. The summed E-state index contributed by atoms with van der Waals surface area (Å²) in [6, 6.07) is 15.3. The number of benzene rings is 3. The SMILES string of the molecule is C=CC(=O)OCOc1ccc(C(=O)Oc2ccc(OC(=O)c3ccc(OCOCC4(C)COC4)c(OCOCC4(C)COC4)c3)c(/C=N/N=C3C4C=CC=CC4C4C=CC=CC34)c2)cc1. The maximum Gasteiger partial charge on any atom is 0.343 e. The van der Waals surface area contributed by atoms with Gasteiger partial charge < -0.3 is 47.4 Å². The van der Waals surface area contributed by atoms with E-state index >= 15 is 0 Å². The molecule has 4 atom stereocenters. The van der Waals surface area contributed by atoms with E-state index in [9.17, 15) is 14.4 Å². The minimum absolute atomic E-state index is 0.0483. The van der Waals surface area contributed by atoms with Crippen molar-refractivity contribution < 1.29 is 61.8 Å². The van der Waals surface area contributed by atoms with Crippen LogP contribution in [0.4, 0.5) is 0 Å². The number of ether oxygens (including phenoxy) is 10. The van der Waals surface area contributed by atoms with Crippen LogP contribution in [0.2, 0.25) is 0 Å². The van der Waals surface area contributed by atoms with Crippen molar-refractivity contribution in [3.05, 3.63) is 139 Å². The maximum absolute atomic E-state index is 13.9. The number of rotatable bonds is 20. The predicted molar refractivity (Wildman–Crippen MR) is 237 cm³/mol. The molecule has 3 aromatic carbocycles. The van der Waals surface area contributed by atoms with Crippen LogP contribution < -0.4 is 23.7 Å². The number of allylic oxidation sites excluding steroid dienone is 8. The number of hydrogen-bond acceptors (Lipinski definition) is 15. The predicted octanol–water partition coefficient (Wildman–Crippen LogP) is 7.47. The van der Waals surface area contributed by atoms with Crippen molar-refractivity contribution in [2.75, 3.05) is 60.0 Å². The van der Waals surface area contributed by atoms with Gasteiger partial charge in [0.1, 0.15) is 17.2 Å². The van der Waals surface area contributed by atoms with Crippen LogP contribution in [-0.2, 0) is 28.5 Å². The molecule has 3 aromatic rings. The number of carbonyl (C=O) groups is 3. The minimum atomic E-state index is -0.706. The normalized spacial score (nSPS) is 21.6. The van der Waals surface area contributed by atoms with E-state index in [2.05, 4.69) is 62.0 Å². The number of hydrogen-bond donors (Lipinski definition) is 0. The van der Waals surface area contributed by atoms with E-state index in [4.69, 9.17) is 52.5 Å². The average Bonchev–Trinajstić information content (AvgIpc) is 3.62.